The van der Waals surface area contributed by atoms with Crippen LogP contribution in [0.5, 0.6) is 0 Å². The van der Waals surface area contributed by atoms with E-state index in [1.165, 1.54) is 0 Å². The highest BCUT2D eigenvalue weighted by Gasteiger charge is 2.30. The number of carbonyl (C=O) groups is 1. The van der Waals surface area contributed by atoms with Crippen molar-refractivity contribution in [1.82, 2.24) is 0 Å². The van der Waals surface area contributed by atoms with E-state index in [0.717, 1.165) is 5.56 Å². The standard InChI is InChI=1S/C18H16O3/c19-12-15-11-16(17(20)13-7-3-1-4-8-13)18(21-15)14-9-5-2-6-10-14/h1-10,15,19H,11-12H2/t15-/m0/s1. The molecule has 0 saturated heterocycles. The minimum Gasteiger partial charge on any atom is -0.487 e. The molecule has 1 N–H and O–H groups in total. The van der Waals surface area contributed by atoms with Crippen LogP contribution in [0.25, 0.3) is 5.76 Å². The summed E-state index contributed by atoms with van der Waals surface area (Å²) >= 11 is 0. The number of aliphatic hydroxyl groups excluding tert-OH is 1. The molecule has 0 bridgehead atoms. The monoisotopic (exact) mass is 280 g/mol. The first-order valence-corrected chi connectivity index (χ1v) is 6.95. The molecule has 106 valence electrons. The van der Waals surface area contributed by atoms with Crippen LogP contribution in [0.4, 0.5) is 0 Å². The number of ketones is 1. The van der Waals surface area contributed by atoms with Crippen LogP contribution in [0, 0.1) is 0 Å². The van der Waals surface area contributed by atoms with Gasteiger partial charge in [0.05, 0.1) is 6.61 Å². The Labute approximate surface area is 123 Å². The second kappa shape index (κ2) is 5.94. The number of hydrogen-bond donors (Lipinski definition) is 1. The van der Waals surface area contributed by atoms with Crippen molar-refractivity contribution in [2.75, 3.05) is 6.61 Å². The van der Waals surface area contributed by atoms with Gasteiger partial charge in [-0.15, -0.1) is 0 Å². The second-order valence-electron chi connectivity index (χ2n) is 5.00. The van der Waals surface area contributed by atoms with E-state index < -0.39 is 0 Å². The van der Waals surface area contributed by atoms with Crippen LogP contribution >= 0.6 is 0 Å². The van der Waals surface area contributed by atoms with Gasteiger partial charge in [-0.3, -0.25) is 4.79 Å². The lowest BCUT2D eigenvalue weighted by molar-refractivity contribution is 0.101. The third-order valence-electron chi connectivity index (χ3n) is 3.54. The first-order valence-electron chi connectivity index (χ1n) is 6.95. The highest BCUT2D eigenvalue weighted by atomic mass is 16.5. The normalized spacial score (nSPS) is 17.7. The number of hydrogen-bond acceptors (Lipinski definition) is 3. The van der Waals surface area contributed by atoms with Gasteiger partial charge in [0.1, 0.15) is 11.9 Å². The Morgan fingerprint density at radius 1 is 1.05 bits per heavy atom. The summed E-state index contributed by atoms with van der Waals surface area (Å²) in [4.78, 5) is 12.7. The number of benzene rings is 2. The number of ether oxygens (including phenoxy) is 1. The van der Waals surface area contributed by atoms with Crippen molar-refractivity contribution in [1.29, 1.82) is 0 Å². The van der Waals surface area contributed by atoms with Gasteiger partial charge in [0.2, 0.25) is 0 Å². The van der Waals surface area contributed by atoms with Crippen LogP contribution in [0.15, 0.2) is 66.2 Å². The van der Waals surface area contributed by atoms with Gasteiger partial charge in [-0.05, 0) is 0 Å². The Morgan fingerprint density at radius 3 is 2.29 bits per heavy atom. The van der Waals surface area contributed by atoms with Gasteiger partial charge < -0.3 is 9.84 Å². The molecule has 1 aliphatic heterocycles. The molecule has 0 saturated carbocycles. The topological polar surface area (TPSA) is 46.5 Å². The highest BCUT2D eigenvalue weighted by Crippen LogP contribution is 2.34. The molecule has 0 amide bonds. The van der Waals surface area contributed by atoms with Gasteiger partial charge in [-0.1, -0.05) is 60.7 Å². The van der Waals surface area contributed by atoms with E-state index in [0.29, 0.717) is 23.3 Å². The minimum absolute atomic E-state index is 0.0367. The van der Waals surface area contributed by atoms with Crippen molar-refractivity contribution in [3.8, 4) is 0 Å². The van der Waals surface area contributed by atoms with E-state index in [-0.39, 0.29) is 18.5 Å². The first kappa shape index (κ1) is 13.6. The Hall–Kier alpha value is -2.39. The van der Waals surface area contributed by atoms with Gasteiger partial charge in [-0.25, -0.2) is 0 Å². The van der Waals surface area contributed by atoms with Crippen molar-refractivity contribution in [3.05, 3.63) is 77.4 Å². The van der Waals surface area contributed by atoms with Crippen LogP contribution in [0.2, 0.25) is 0 Å². The predicted octanol–water partition coefficient (Wildman–Crippen LogP) is 3.06. The van der Waals surface area contributed by atoms with Gasteiger partial charge in [0.15, 0.2) is 5.78 Å². The van der Waals surface area contributed by atoms with E-state index in [9.17, 15) is 9.90 Å². The fourth-order valence-corrected chi connectivity index (χ4v) is 2.49. The average Bonchev–Trinajstić information content (AvgIpc) is 3.00. The van der Waals surface area contributed by atoms with Crippen LogP contribution in [0.1, 0.15) is 22.3 Å². The second-order valence-corrected chi connectivity index (χ2v) is 5.00. The lowest BCUT2D eigenvalue weighted by Crippen LogP contribution is -2.12. The lowest BCUT2D eigenvalue weighted by atomic mass is 9.97. The van der Waals surface area contributed by atoms with Crippen molar-refractivity contribution in [3.63, 3.8) is 0 Å². The Balaban J connectivity index is 2.01. The molecule has 1 heterocycles. The average molecular weight is 280 g/mol. The van der Waals surface area contributed by atoms with E-state index in [4.69, 9.17) is 4.74 Å². The summed E-state index contributed by atoms with van der Waals surface area (Å²) < 4.78 is 5.76. The highest BCUT2D eigenvalue weighted by molar-refractivity contribution is 6.13. The van der Waals surface area contributed by atoms with E-state index in [2.05, 4.69) is 0 Å². The fourth-order valence-electron chi connectivity index (χ4n) is 2.49. The smallest absolute Gasteiger partial charge is 0.192 e. The van der Waals surface area contributed by atoms with E-state index >= 15 is 0 Å². The predicted molar refractivity (Wildman–Crippen MR) is 80.7 cm³/mol. The molecule has 2 aromatic carbocycles. The van der Waals surface area contributed by atoms with E-state index in [1.54, 1.807) is 12.1 Å². The Bertz CT molecular complexity index is 659. The van der Waals surface area contributed by atoms with Crippen LogP contribution in [-0.4, -0.2) is 23.6 Å². The van der Waals surface area contributed by atoms with Gasteiger partial charge >= 0.3 is 0 Å². The van der Waals surface area contributed by atoms with Gasteiger partial charge in [0.25, 0.3) is 0 Å². The van der Waals surface area contributed by atoms with Crippen molar-refractivity contribution in [2.45, 2.75) is 12.5 Å². The molecule has 1 aliphatic rings. The largest absolute Gasteiger partial charge is 0.487 e. The minimum atomic E-state index is -0.345. The summed E-state index contributed by atoms with van der Waals surface area (Å²) in [5.74, 6) is 0.550. The molecule has 2 aromatic rings. The van der Waals surface area contributed by atoms with Crippen LogP contribution < -0.4 is 0 Å². The molecule has 0 aliphatic carbocycles. The molecule has 0 radical (unpaired) electrons. The summed E-state index contributed by atoms with van der Waals surface area (Å²) in [6, 6.07) is 18.7. The molecule has 3 heteroatoms. The number of carbonyl (C=O) groups excluding carboxylic acids is 1. The molecular formula is C18H16O3. The number of Topliss-reactive ketones (excluding diaryl/α,β-unsaturated/α-hetero) is 1. The van der Waals surface area contributed by atoms with Crippen molar-refractivity contribution in [2.24, 2.45) is 0 Å². The maximum absolute atomic E-state index is 12.7. The quantitative estimate of drug-likeness (QED) is 0.876. The van der Waals surface area contributed by atoms with Crippen LogP contribution in [-0.2, 0) is 4.74 Å². The SMILES string of the molecule is O=C(C1=C(c2ccccc2)O[C@H](CO)C1)c1ccccc1. The molecule has 21 heavy (non-hydrogen) atoms. The molecule has 1 atom stereocenters. The molecule has 0 spiro atoms. The maximum atomic E-state index is 12.7. The third kappa shape index (κ3) is 2.73. The van der Waals surface area contributed by atoms with Crippen molar-refractivity contribution >= 4 is 11.5 Å². The Morgan fingerprint density at radius 2 is 1.67 bits per heavy atom. The summed E-state index contributed by atoms with van der Waals surface area (Å²) in [5, 5.41) is 9.34. The molecule has 0 unspecified atom stereocenters. The molecular weight excluding hydrogens is 264 g/mol. The molecule has 3 nitrogen and oxygen atoms in total. The van der Waals surface area contributed by atoms with Crippen LogP contribution in [0.3, 0.4) is 0 Å². The van der Waals surface area contributed by atoms with Gasteiger partial charge in [-0.2, -0.15) is 0 Å². The van der Waals surface area contributed by atoms with Crippen molar-refractivity contribution < 1.29 is 14.6 Å². The third-order valence-corrected chi connectivity index (χ3v) is 3.54. The fraction of sp³-hybridized carbons (Fsp3) is 0.167. The maximum Gasteiger partial charge on any atom is 0.192 e. The summed E-state index contributed by atoms with van der Waals surface area (Å²) in [6.45, 7) is -0.0953. The number of aliphatic hydroxyl groups is 1. The van der Waals surface area contributed by atoms with Gasteiger partial charge in [0, 0.05) is 23.1 Å². The zero-order valence-corrected chi connectivity index (χ0v) is 11.5. The first-order chi connectivity index (χ1) is 10.3. The summed E-state index contributed by atoms with van der Waals surface area (Å²) in [5.41, 5.74) is 2.14. The Kier molecular flexibility index (Phi) is 3.84. The zero-order chi connectivity index (χ0) is 14.7. The molecule has 0 aromatic heterocycles. The zero-order valence-electron chi connectivity index (χ0n) is 11.5. The van der Waals surface area contributed by atoms with E-state index in [1.807, 2.05) is 48.5 Å². The molecule has 0 fully saturated rings. The molecule has 3 rings (SSSR count). The summed E-state index contributed by atoms with van der Waals surface area (Å²) in [7, 11) is 0. The summed E-state index contributed by atoms with van der Waals surface area (Å²) in [6.07, 6.45) is 0.0944. The number of rotatable bonds is 4. The lowest BCUT2D eigenvalue weighted by Gasteiger charge is -2.09.